The van der Waals surface area contributed by atoms with Gasteiger partial charge in [-0.1, -0.05) is 24.3 Å². The molecule has 0 spiro atoms. The number of fused-ring (bicyclic) bond motifs is 4. The summed E-state index contributed by atoms with van der Waals surface area (Å²) in [6, 6.07) is 22.7. The van der Waals surface area contributed by atoms with Crippen LogP contribution in [-0.4, -0.2) is 81.3 Å². The Morgan fingerprint density at radius 1 is 0.630 bits per heavy atom. The van der Waals surface area contributed by atoms with E-state index >= 15 is 0 Å². The summed E-state index contributed by atoms with van der Waals surface area (Å²) in [6.07, 6.45) is 5.93. The molecular formula is C42H43N5O7. The van der Waals surface area contributed by atoms with E-state index < -0.39 is 0 Å². The first kappa shape index (κ1) is 34.8. The normalized spacial score (nSPS) is 18.4. The van der Waals surface area contributed by atoms with Crippen LogP contribution < -0.4 is 40.1 Å². The molecule has 0 saturated heterocycles. The fraction of sp³-hybridized carbons (Fsp3) is 0.286. The zero-order valence-corrected chi connectivity index (χ0v) is 30.5. The third-order valence-electron chi connectivity index (χ3n) is 10.4. The number of hydrogen-bond acceptors (Lipinski definition) is 10. The van der Waals surface area contributed by atoms with Crippen LogP contribution in [0.1, 0.15) is 51.1 Å². The Morgan fingerprint density at radius 3 is 1.54 bits per heavy atom. The van der Waals surface area contributed by atoms with Crippen molar-refractivity contribution in [2.45, 2.75) is 31.3 Å². The number of nitrogens with two attached hydrogens (primary N) is 1. The van der Waals surface area contributed by atoms with Crippen LogP contribution >= 0.6 is 0 Å². The zero-order valence-electron chi connectivity index (χ0n) is 30.5. The van der Waals surface area contributed by atoms with Crippen LogP contribution in [0.15, 0.2) is 85.2 Å². The Morgan fingerprint density at radius 2 is 1.09 bits per heavy atom. The van der Waals surface area contributed by atoms with Crippen LogP contribution in [0.3, 0.4) is 0 Å². The van der Waals surface area contributed by atoms with Crippen LogP contribution in [0.4, 0.5) is 17.1 Å². The molecule has 0 radical (unpaired) electrons. The fourth-order valence-electron chi connectivity index (χ4n) is 7.50. The monoisotopic (exact) mass is 729 g/mol. The lowest BCUT2D eigenvalue weighted by Gasteiger charge is -2.20. The summed E-state index contributed by atoms with van der Waals surface area (Å²) < 4.78 is 29.0. The van der Waals surface area contributed by atoms with E-state index in [1.165, 1.54) is 0 Å². The Bertz CT molecular complexity index is 2150. The van der Waals surface area contributed by atoms with Crippen LogP contribution in [-0.2, 0) is 0 Å². The molecule has 54 heavy (non-hydrogen) atoms. The standard InChI is InChI=1S/C42H43N5O7/c1-50-32-11-7-26(8-12-32)28-16-31-22-45-36-20-40(38(52-3)18-34(36)42(49)47(31)24-28)54-14-4-13-53-39-19-35-33(17-37(39)51-2)41(48)46-23-27(15-30(46)21-44-35)25-5-9-29(43)10-6-25/h5-12,17-20,23-24,30-31,44-45H,4,13-16,21-22,43H2,1-3H3/t30-,31-/m0/s1. The summed E-state index contributed by atoms with van der Waals surface area (Å²) in [7, 11) is 4.77. The smallest absolute Gasteiger partial charge is 0.260 e. The quantitative estimate of drug-likeness (QED) is 0.116. The first-order valence-corrected chi connectivity index (χ1v) is 18.1. The highest BCUT2D eigenvalue weighted by Gasteiger charge is 2.36. The van der Waals surface area contributed by atoms with Crippen molar-refractivity contribution in [3.63, 3.8) is 0 Å². The van der Waals surface area contributed by atoms with Crippen molar-refractivity contribution in [2.24, 2.45) is 0 Å². The van der Waals surface area contributed by atoms with Crippen LogP contribution in [0, 0.1) is 0 Å². The number of nitrogens with one attached hydrogen (secondary N) is 2. The number of carbonyl (C=O) groups is 2. The molecule has 2 amide bonds. The minimum atomic E-state index is -0.0928. The largest absolute Gasteiger partial charge is 0.497 e. The molecule has 4 aliphatic heterocycles. The van der Waals surface area contributed by atoms with Gasteiger partial charge in [0.15, 0.2) is 23.0 Å². The van der Waals surface area contributed by atoms with Gasteiger partial charge in [-0.25, -0.2) is 0 Å². The van der Waals surface area contributed by atoms with Gasteiger partial charge in [-0.2, -0.15) is 0 Å². The van der Waals surface area contributed by atoms with E-state index in [0.29, 0.717) is 83.9 Å². The van der Waals surface area contributed by atoms with Crippen molar-refractivity contribution in [1.82, 2.24) is 9.80 Å². The lowest BCUT2D eigenvalue weighted by atomic mass is 10.0. The first-order chi connectivity index (χ1) is 26.3. The van der Waals surface area contributed by atoms with Crippen molar-refractivity contribution >= 4 is 40.0 Å². The predicted octanol–water partition coefficient (Wildman–Crippen LogP) is 6.50. The first-order valence-electron chi connectivity index (χ1n) is 18.1. The van der Waals surface area contributed by atoms with Gasteiger partial charge in [0.05, 0.1) is 69.1 Å². The third kappa shape index (κ3) is 6.59. The van der Waals surface area contributed by atoms with Gasteiger partial charge in [0, 0.05) is 49.7 Å². The number of benzene rings is 4. The molecule has 2 atom stereocenters. The Labute approximate surface area is 314 Å². The van der Waals surface area contributed by atoms with E-state index in [1.54, 1.807) is 33.5 Å². The molecule has 12 heteroatoms. The molecule has 0 saturated carbocycles. The van der Waals surface area contributed by atoms with E-state index in [0.717, 1.165) is 40.9 Å². The highest BCUT2D eigenvalue weighted by molar-refractivity contribution is 6.04. The van der Waals surface area contributed by atoms with Gasteiger partial charge in [-0.05, 0) is 71.5 Å². The third-order valence-corrected chi connectivity index (χ3v) is 10.4. The molecule has 4 heterocycles. The lowest BCUT2D eigenvalue weighted by Crippen LogP contribution is -2.34. The number of ether oxygens (including phenoxy) is 5. The molecule has 0 aromatic heterocycles. The molecule has 4 N–H and O–H groups in total. The zero-order chi connectivity index (χ0) is 37.3. The summed E-state index contributed by atoms with van der Waals surface area (Å²) >= 11 is 0. The lowest BCUT2D eigenvalue weighted by molar-refractivity contribution is 0.0788. The van der Waals surface area contributed by atoms with Crippen molar-refractivity contribution in [3.05, 3.63) is 107 Å². The fourth-order valence-corrected chi connectivity index (χ4v) is 7.50. The number of rotatable bonds is 11. The Balaban J connectivity index is 0.900. The number of methoxy groups -OCH3 is 3. The number of carbonyl (C=O) groups excluding carboxylic acids is 2. The second-order valence-corrected chi connectivity index (χ2v) is 13.7. The van der Waals surface area contributed by atoms with Crippen LogP contribution in [0.5, 0.6) is 28.7 Å². The number of anilines is 3. The van der Waals surface area contributed by atoms with Crippen molar-refractivity contribution in [2.75, 3.05) is 64.0 Å². The summed E-state index contributed by atoms with van der Waals surface area (Å²) in [5.41, 5.74) is 13.4. The minimum Gasteiger partial charge on any atom is -0.497 e. The average molecular weight is 730 g/mol. The number of nitrogens with zero attached hydrogens (tertiary/aromatic N) is 2. The van der Waals surface area contributed by atoms with Gasteiger partial charge in [-0.15, -0.1) is 0 Å². The molecular weight excluding hydrogens is 686 g/mol. The molecule has 4 aromatic rings. The number of amides is 2. The second kappa shape index (κ2) is 14.6. The molecule has 4 aromatic carbocycles. The number of nitrogen functional groups attached to an aromatic ring is 1. The van der Waals surface area contributed by atoms with E-state index in [1.807, 2.05) is 82.9 Å². The maximum Gasteiger partial charge on any atom is 0.260 e. The Hall–Kier alpha value is -6.30. The molecule has 0 fully saturated rings. The van der Waals surface area contributed by atoms with Gasteiger partial charge in [-0.3, -0.25) is 9.59 Å². The van der Waals surface area contributed by atoms with Crippen molar-refractivity contribution < 1.29 is 33.3 Å². The summed E-state index contributed by atoms with van der Waals surface area (Å²) in [6.45, 7) is 1.87. The minimum absolute atomic E-state index is 0.0183. The molecule has 8 rings (SSSR count). The van der Waals surface area contributed by atoms with Crippen molar-refractivity contribution in [1.29, 1.82) is 0 Å². The summed E-state index contributed by atoms with van der Waals surface area (Å²) in [5.74, 6) is 2.62. The molecule has 12 nitrogen and oxygen atoms in total. The van der Waals surface area contributed by atoms with Gasteiger partial charge in [0.2, 0.25) is 0 Å². The molecule has 0 bridgehead atoms. The van der Waals surface area contributed by atoms with Crippen LogP contribution in [0.2, 0.25) is 0 Å². The highest BCUT2D eigenvalue weighted by atomic mass is 16.5. The summed E-state index contributed by atoms with van der Waals surface area (Å²) in [5, 5.41) is 6.94. The van der Waals surface area contributed by atoms with Gasteiger partial charge >= 0.3 is 0 Å². The molecule has 0 unspecified atom stereocenters. The van der Waals surface area contributed by atoms with E-state index in [9.17, 15) is 9.59 Å². The Kier molecular flexibility index (Phi) is 9.41. The summed E-state index contributed by atoms with van der Waals surface area (Å²) in [4.78, 5) is 31.2. The van der Waals surface area contributed by atoms with Crippen LogP contribution in [0.25, 0.3) is 11.1 Å². The van der Waals surface area contributed by atoms with Gasteiger partial charge < -0.3 is 49.9 Å². The maximum absolute atomic E-state index is 13.8. The van der Waals surface area contributed by atoms with Crippen molar-refractivity contribution in [3.8, 4) is 28.7 Å². The average Bonchev–Trinajstić information content (AvgIpc) is 3.78. The predicted molar refractivity (Wildman–Crippen MR) is 208 cm³/mol. The van der Waals surface area contributed by atoms with Gasteiger partial charge in [0.1, 0.15) is 5.75 Å². The second-order valence-electron chi connectivity index (χ2n) is 13.7. The number of hydrogen-bond donors (Lipinski definition) is 3. The molecule has 278 valence electrons. The molecule has 0 aliphatic carbocycles. The highest BCUT2D eigenvalue weighted by Crippen LogP contribution is 2.41. The van der Waals surface area contributed by atoms with Gasteiger partial charge in [0.25, 0.3) is 11.8 Å². The van der Waals surface area contributed by atoms with E-state index in [4.69, 9.17) is 29.4 Å². The topological polar surface area (TPSA) is 137 Å². The SMILES string of the molecule is COc1ccc(C2=CN3C(=O)c4cc(OC)c(OCCCOc5cc6c(cc5OC)C(=O)N5C=C(c7ccc(N)cc7)C[C@H]5CN6)cc4NC[C@@H]3C2)cc1. The van der Waals surface area contributed by atoms with E-state index in [2.05, 4.69) is 10.6 Å². The molecule has 4 aliphatic rings. The van der Waals surface area contributed by atoms with E-state index in [-0.39, 0.29) is 23.9 Å². The maximum atomic E-state index is 13.8.